The molecule has 4 aliphatic carbocycles. The lowest BCUT2D eigenvalue weighted by Gasteiger charge is -2.57. The number of ether oxygens (including phenoxy) is 1. The number of rotatable bonds is 1. The highest BCUT2D eigenvalue weighted by molar-refractivity contribution is 5.06. The second-order valence-electron chi connectivity index (χ2n) is 10.8. The van der Waals surface area contributed by atoms with Crippen molar-refractivity contribution < 1.29 is 4.74 Å². The third kappa shape index (κ3) is 3.02. The summed E-state index contributed by atoms with van der Waals surface area (Å²) in [6.07, 6.45) is 22.5. The van der Waals surface area contributed by atoms with E-state index < -0.39 is 0 Å². The van der Waals surface area contributed by atoms with E-state index in [0.29, 0.717) is 12.2 Å². The van der Waals surface area contributed by atoms with Crippen molar-refractivity contribution in [2.45, 2.75) is 139 Å². The average Bonchev–Trinajstić information content (AvgIpc) is 3.10. The van der Waals surface area contributed by atoms with Crippen LogP contribution in [0.1, 0.15) is 96.3 Å². The summed E-state index contributed by atoms with van der Waals surface area (Å²) >= 11 is 0. The van der Waals surface area contributed by atoms with Crippen molar-refractivity contribution in [3.8, 4) is 0 Å². The zero-order valence-corrected chi connectivity index (χ0v) is 17.2. The Morgan fingerprint density at radius 3 is 2.00 bits per heavy atom. The van der Waals surface area contributed by atoms with E-state index in [9.17, 15) is 0 Å². The van der Waals surface area contributed by atoms with E-state index in [0.717, 1.165) is 42.0 Å². The van der Waals surface area contributed by atoms with Crippen LogP contribution in [0, 0.1) is 11.8 Å². The number of nitrogens with zero attached hydrogens (tertiary/aromatic N) is 1. The fourth-order valence-corrected chi connectivity index (χ4v) is 8.45. The van der Waals surface area contributed by atoms with E-state index in [-0.39, 0.29) is 0 Å². The van der Waals surface area contributed by atoms with Gasteiger partial charge in [0.1, 0.15) is 0 Å². The third-order valence-corrected chi connectivity index (χ3v) is 9.54. The second-order valence-corrected chi connectivity index (χ2v) is 10.8. The third-order valence-electron chi connectivity index (χ3n) is 9.54. The Bertz CT molecular complexity index is 516. The first-order chi connectivity index (χ1) is 13.4. The Morgan fingerprint density at radius 2 is 1.22 bits per heavy atom. The van der Waals surface area contributed by atoms with Crippen LogP contribution in [0.2, 0.25) is 0 Å². The molecule has 1 N–H and O–H groups in total. The number of nitrogens with one attached hydrogen (secondary N) is 1. The molecular weight excluding hydrogens is 332 g/mol. The highest BCUT2D eigenvalue weighted by Gasteiger charge is 2.52. The van der Waals surface area contributed by atoms with Crippen molar-refractivity contribution in [2.24, 2.45) is 11.8 Å². The first-order valence-corrected chi connectivity index (χ1v) is 12.6. The summed E-state index contributed by atoms with van der Waals surface area (Å²) in [6.45, 7) is 0. The van der Waals surface area contributed by atoms with Crippen LogP contribution >= 0.6 is 0 Å². The summed E-state index contributed by atoms with van der Waals surface area (Å²) in [4.78, 5) is 3.11. The average molecular weight is 373 g/mol. The molecule has 0 aromatic rings. The molecule has 0 spiro atoms. The van der Waals surface area contributed by atoms with Gasteiger partial charge in [-0.3, -0.25) is 4.90 Å². The smallest absolute Gasteiger partial charge is 0.0735 e. The van der Waals surface area contributed by atoms with E-state index in [1.165, 1.54) is 96.3 Å². The maximum atomic E-state index is 6.73. The molecule has 27 heavy (non-hydrogen) atoms. The molecule has 9 unspecified atom stereocenters. The van der Waals surface area contributed by atoms with Crippen molar-refractivity contribution in [3.05, 3.63) is 0 Å². The number of fused-ring (bicyclic) bond motifs is 5. The molecule has 6 fully saturated rings. The molecule has 0 amide bonds. The lowest BCUT2D eigenvalue weighted by molar-refractivity contribution is -0.191. The number of hydrogen-bond donors (Lipinski definition) is 1. The minimum absolute atomic E-state index is 0.556. The molecule has 3 nitrogen and oxygen atoms in total. The van der Waals surface area contributed by atoms with Crippen LogP contribution in [0.3, 0.4) is 0 Å². The first-order valence-electron chi connectivity index (χ1n) is 12.6. The summed E-state index contributed by atoms with van der Waals surface area (Å²) in [6, 6.07) is 4.06. The van der Waals surface area contributed by atoms with Gasteiger partial charge in [-0.1, -0.05) is 38.5 Å². The van der Waals surface area contributed by atoms with Crippen LogP contribution in [0.15, 0.2) is 0 Å². The van der Waals surface area contributed by atoms with Crippen molar-refractivity contribution in [2.75, 3.05) is 0 Å². The van der Waals surface area contributed by atoms with Crippen molar-refractivity contribution >= 4 is 0 Å². The van der Waals surface area contributed by atoms with Gasteiger partial charge < -0.3 is 10.1 Å². The highest BCUT2D eigenvalue weighted by Crippen LogP contribution is 2.48. The van der Waals surface area contributed by atoms with Gasteiger partial charge in [-0.2, -0.15) is 0 Å². The predicted octanol–water partition coefficient (Wildman–Crippen LogP) is 4.64. The normalized spacial score (nSPS) is 53.1. The fraction of sp³-hybridized carbons (Fsp3) is 1.00. The van der Waals surface area contributed by atoms with Crippen LogP contribution in [-0.4, -0.2) is 47.3 Å². The number of hydrogen-bond acceptors (Lipinski definition) is 3. The SMILES string of the molecule is C1CCC2C(C1)NC1CCC(N3C4CCCCC4OC4CCCCC43)CC12. The Kier molecular flexibility index (Phi) is 4.78. The van der Waals surface area contributed by atoms with E-state index in [4.69, 9.17) is 4.74 Å². The van der Waals surface area contributed by atoms with Crippen molar-refractivity contribution in [3.63, 3.8) is 0 Å². The van der Waals surface area contributed by atoms with Gasteiger partial charge in [0.15, 0.2) is 0 Å². The van der Waals surface area contributed by atoms with Gasteiger partial charge in [-0.05, 0) is 69.6 Å². The summed E-state index contributed by atoms with van der Waals surface area (Å²) in [5.41, 5.74) is 0. The van der Waals surface area contributed by atoms with Crippen LogP contribution < -0.4 is 5.32 Å². The molecule has 6 aliphatic rings. The van der Waals surface area contributed by atoms with Gasteiger partial charge in [0, 0.05) is 30.2 Å². The summed E-state index contributed by atoms with van der Waals surface area (Å²) < 4.78 is 6.73. The Labute approximate surface area is 166 Å². The van der Waals surface area contributed by atoms with Gasteiger partial charge in [0.25, 0.3) is 0 Å². The molecule has 4 saturated carbocycles. The summed E-state index contributed by atoms with van der Waals surface area (Å²) in [7, 11) is 0. The van der Waals surface area contributed by atoms with E-state index in [1.54, 1.807) is 0 Å². The molecule has 2 aliphatic heterocycles. The van der Waals surface area contributed by atoms with Crippen LogP contribution in [-0.2, 0) is 4.74 Å². The molecule has 0 radical (unpaired) electrons. The monoisotopic (exact) mass is 372 g/mol. The molecular formula is C24H40N2O. The lowest BCUT2D eigenvalue weighted by atomic mass is 9.70. The molecule has 6 rings (SSSR count). The molecule has 152 valence electrons. The quantitative estimate of drug-likeness (QED) is 0.726. The molecule has 0 aromatic carbocycles. The minimum Gasteiger partial charge on any atom is -0.372 e. The molecule has 2 heterocycles. The zero-order valence-electron chi connectivity index (χ0n) is 17.2. The topological polar surface area (TPSA) is 24.5 Å². The van der Waals surface area contributed by atoms with Gasteiger partial charge in [0.05, 0.1) is 12.2 Å². The van der Waals surface area contributed by atoms with Crippen molar-refractivity contribution in [1.82, 2.24) is 10.2 Å². The molecule has 0 aromatic heterocycles. The van der Waals surface area contributed by atoms with Crippen LogP contribution in [0.4, 0.5) is 0 Å². The summed E-state index contributed by atoms with van der Waals surface area (Å²) in [5, 5.41) is 4.09. The summed E-state index contributed by atoms with van der Waals surface area (Å²) in [5.74, 6) is 1.97. The highest BCUT2D eigenvalue weighted by atomic mass is 16.5. The first kappa shape index (κ1) is 17.7. The molecule has 9 atom stereocenters. The number of morpholine rings is 1. The lowest BCUT2D eigenvalue weighted by Crippen LogP contribution is -2.66. The second kappa shape index (κ2) is 7.29. The van der Waals surface area contributed by atoms with Gasteiger partial charge in [0.2, 0.25) is 0 Å². The van der Waals surface area contributed by atoms with E-state index in [1.807, 2.05) is 0 Å². The Morgan fingerprint density at radius 1 is 0.593 bits per heavy atom. The Hall–Kier alpha value is -0.120. The molecule has 2 saturated heterocycles. The minimum atomic E-state index is 0.556. The van der Waals surface area contributed by atoms with Crippen LogP contribution in [0.25, 0.3) is 0 Å². The predicted molar refractivity (Wildman–Crippen MR) is 109 cm³/mol. The Balaban J connectivity index is 1.25. The molecule has 3 heteroatoms. The fourth-order valence-electron chi connectivity index (χ4n) is 8.45. The van der Waals surface area contributed by atoms with Crippen molar-refractivity contribution in [1.29, 1.82) is 0 Å². The zero-order chi connectivity index (χ0) is 17.8. The standard InChI is InChI=1S/C24H40N2O/c1-2-8-19-17(7-1)18-15-16(13-14-20(18)25-19)26-21-9-3-5-11-23(21)27-24-12-6-4-10-22(24)26/h16-25H,1-15H2. The van der Waals surface area contributed by atoms with Crippen LogP contribution in [0.5, 0.6) is 0 Å². The van der Waals surface area contributed by atoms with Gasteiger partial charge >= 0.3 is 0 Å². The van der Waals surface area contributed by atoms with Gasteiger partial charge in [-0.25, -0.2) is 0 Å². The maximum Gasteiger partial charge on any atom is 0.0735 e. The maximum absolute atomic E-state index is 6.73. The van der Waals surface area contributed by atoms with E-state index in [2.05, 4.69) is 10.2 Å². The van der Waals surface area contributed by atoms with Gasteiger partial charge in [-0.15, -0.1) is 0 Å². The largest absolute Gasteiger partial charge is 0.372 e. The van der Waals surface area contributed by atoms with E-state index >= 15 is 0 Å². The molecule has 0 bridgehead atoms.